The second-order valence-corrected chi connectivity index (χ2v) is 4.61. The number of nitrogens with zero attached hydrogens (tertiary/aromatic N) is 3. The van der Waals surface area contributed by atoms with Crippen molar-refractivity contribution in [1.82, 2.24) is 14.8 Å². The van der Waals surface area contributed by atoms with Crippen LogP contribution in [0.5, 0.6) is 10.9 Å². The van der Waals surface area contributed by atoms with Crippen LogP contribution in [-0.4, -0.2) is 14.8 Å². The molecule has 0 aliphatic carbocycles. The van der Waals surface area contributed by atoms with Gasteiger partial charge in [-0.3, -0.25) is 4.68 Å². The third kappa shape index (κ3) is 2.79. The van der Waals surface area contributed by atoms with Crippen LogP contribution in [0, 0.1) is 0 Å². The highest BCUT2D eigenvalue weighted by atomic mass is 79.9. The van der Waals surface area contributed by atoms with Crippen molar-refractivity contribution in [2.45, 2.75) is 19.9 Å². The van der Waals surface area contributed by atoms with Gasteiger partial charge >= 0.3 is 0 Å². The standard InChI is InChI=1S/C9H10BrN3OS/c1-2-3-13-5-7(4-11-13)14-9-12-8(10)6-15-9/h4-6H,2-3H2,1H3. The fraction of sp³-hybridized carbons (Fsp3) is 0.333. The van der Waals surface area contributed by atoms with Crippen molar-refractivity contribution in [2.24, 2.45) is 0 Å². The smallest absolute Gasteiger partial charge is 0.279 e. The Hall–Kier alpha value is -0.880. The third-order valence-electron chi connectivity index (χ3n) is 1.72. The molecule has 2 rings (SSSR count). The van der Waals surface area contributed by atoms with Crippen LogP contribution < -0.4 is 4.74 Å². The van der Waals surface area contributed by atoms with Crippen LogP contribution in [0.3, 0.4) is 0 Å². The minimum Gasteiger partial charge on any atom is -0.428 e. The van der Waals surface area contributed by atoms with Gasteiger partial charge in [-0.25, -0.2) is 0 Å². The topological polar surface area (TPSA) is 39.9 Å². The van der Waals surface area contributed by atoms with Crippen LogP contribution in [0.4, 0.5) is 0 Å². The molecule has 0 amide bonds. The zero-order chi connectivity index (χ0) is 10.7. The summed E-state index contributed by atoms with van der Waals surface area (Å²) in [5.41, 5.74) is 0. The molecule has 0 aromatic carbocycles. The summed E-state index contributed by atoms with van der Waals surface area (Å²) in [5, 5.41) is 6.67. The number of thiazole rings is 1. The molecule has 80 valence electrons. The van der Waals surface area contributed by atoms with E-state index < -0.39 is 0 Å². The highest BCUT2D eigenvalue weighted by Gasteiger charge is 2.04. The van der Waals surface area contributed by atoms with Gasteiger partial charge in [0, 0.05) is 11.9 Å². The zero-order valence-corrected chi connectivity index (χ0v) is 10.6. The highest BCUT2D eigenvalue weighted by Crippen LogP contribution is 2.26. The quantitative estimate of drug-likeness (QED) is 0.866. The van der Waals surface area contributed by atoms with Crippen molar-refractivity contribution in [3.8, 4) is 10.9 Å². The lowest BCUT2D eigenvalue weighted by molar-refractivity contribution is 0.476. The molecule has 0 bridgehead atoms. The second-order valence-electron chi connectivity index (χ2n) is 2.98. The third-order valence-corrected chi connectivity index (χ3v) is 3.15. The number of halogens is 1. The van der Waals surface area contributed by atoms with E-state index in [2.05, 4.69) is 32.9 Å². The molecule has 0 saturated heterocycles. The molecule has 2 aromatic rings. The van der Waals surface area contributed by atoms with Gasteiger partial charge in [0.25, 0.3) is 5.19 Å². The highest BCUT2D eigenvalue weighted by molar-refractivity contribution is 9.10. The molecular formula is C9H10BrN3OS. The van der Waals surface area contributed by atoms with Crippen molar-refractivity contribution in [2.75, 3.05) is 0 Å². The number of rotatable bonds is 4. The fourth-order valence-corrected chi connectivity index (χ4v) is 2.24. The largest absolute Gasteiger partial charge is 0.428 e. The summed E-state index contributed by atoms with van der Waals surface area (Å²) in [5.74, 6) is 0.727. The first-order chi connectivity index (χ1) is 7.28. The lowest BCUT2D eigenvalue weighted by atomic mass is 10.5. The Labute approximate surface area is 100 Å². The Morgan fingerprint density at radius 1 is 1.60 bits per heavy atom. The van der Waals surface area contributed by atoms with Crippen molar-refractivity contribution in [3.05, 3.63) is 22.4 Å². The van der Waals surface area contributed by atoms with E-state index in [1.165, 1.54) is 11.3 Å². The first-order valence-corrected chi connectivity index (χ1v) is 6.26. The van der Waals surface area contributed by atoms with Gasteiger partial charge in [-0.05, 0) is 22.4 Å². The summed E-state index contributed by atoms with van der Waals surface area (Å²) in [6, 6.07) is 0. The van der Waals surface area contributed by atoms with Crippen molar-refractivity contribution in [1.29, 1.82) is 0 Å². The Bertz CT molecular complexity index is 440. The maximum absolute atomic E-state index is 5.52. The monoisotopic (exact) mass is 287 g/mol. The van der Waals surface area contributed by atoms with Crippen LogP contribution in [0.25, 0.3) is 0 Å². The summed E-state index contributed by atoms with van der Waals surface area (Å²) in [6.07, 6.45) is 4.63. The molecule has 0 fully saturated rings. The van der Waals surface area contributed by atoms with Crippen molar-refractivity contribution >= 4 is 27.3 Å². The molecule has 0 atom stereocenters. The number of ether oxygens (including phenoxy) is 1. The van der Waals surface area contributed by atoms with Crippen LogP contribution in [-0.2, 0) is 6.54 Å². The summed E-state index contributed by atoms with van der Waals surface area (Å²) < 4.78 is 8.17. The molecule has 2 aromatic heterocycles. The molecule has 0 radical (unpaired) electrons. The minimum absolute atomic E-state index is 0.623. The lowest BCUT2D eigenvalue weighted by Crippen LogP contribution is -1.95. The molecule has 0 spiro atoms. The normalized spacial score (nSPS) is 10.5. The van der Waals surface area contributed by atoms with E-state index in [9.17, 15) is 0 Å². The molecule has 0 saturated carbocycles. The van der Waals surface area contributed by atoms with Gasteiger partial charge in [0.15, 0.2) is 5.75 Å². The minimum atomic E-state index is 0.623. The van der Waals surface area contributed by atoms with Crippen molar-refractivity contribution < 1.29 is 4.74 Å². The van der Waals surface area contributed by atoms with Crippen LogP contribution in [0.15, 0.2) is 22.4 Å². The molecule has 6 heteroatoms. The van der Waals surface area contributed by atoms with E-state index in [0.29, 0.717) is 5.19 Å². The predicted molar refractivity (Wildman–Crippen MR) is 62.4 cm³/mol. The Morgan fingerprint density at radius 3 is 3.13 bits per heavy atom. The van der Waals surface area contributed by atoms with Gasteiger partial charge in [0.05, 0.1) is 12.4 Å². The number of aromatic nitrogens is 3. The summed E-state index contributed by atoms with van der Waals surface area (Å²) >= 11 is 4.72. The molecule has 4 nitrogen and oxygen atoms in total. The van der Waals surface area contributed by atoms with Gasteiger partial charge in [0.2, 0.25) is 0 Å². The van der Waals surface area contributed by atoms with Gasteiger partial charge in [-0.1, -0.05) is 18.3 Å². The summed E-state index contributed by atoms with van der Waals surface area (Å²) in [7, 11) is 0. The van der Waals surface area contributed by atoms with E-state index in [-0.39, 0.29) is 0 Å². The summed E-state index contributed by atoms with van der Waals surface area (Å²) in [4.78, 5) is 4.14. The molecule has 15 heavy (non-hydrogen) atoms. The maximum atomic E-state index is 5.52. The van der Waals surface area contributed by atoms with Gasteiger partial charge < -0.3 is 4.74 Å². The molecule has 0 unspecified atom stereocenters. The Kier molecular flexibility index (Phi) is 3.37. The molecule has 0 aliphatic rings. The Balaban J connectivity index is 2.04. The predicted octanol–water partition coefficient (Wildman–Crippen LogP) is 3.30. The fourth-order valence-electron chi connectivity index (χ4n) is 1.14. The Morgan fingerprint density at radius 2 is 2.47 bits per heavy atom. The van der Waals surface area contributed by atoms with E-state index >= 15 is 0 Å². The zero-order valence-electron chi connectivity index (χ0n) is 8.18. The van der Waals surface area contributed by atoms with Crippen molar-refractivity contribution in [3.63, 3.8) is 0 Å². The van der Waals surface area contributed by atoms with E-state index in [0.717, 1.165) is 23.3 Å². The SMILES string of the molecule is CCCn1cc(Oc2nc(Br)cs2)cn1. The molecule has 2 heterocycles. The first-order valence-electron chi connectivity index (χ1n) is 4.59. The average molecular weight is 288 g/mol. The van der Waals surface area contributed by atoms with E-state index in [1.807, 2.05) is 16.3 Å². The number of hydrogen-bond acceptors (Lipinski definition) is 4. The van der Waals surface area contributed by atoms with Gasteiger partial charge in [-0.2, -0.15) is 10.1 Å². The lowest BCUT2D eigenvalue weighted by Gasteiger charge is -1.96. The second kappa shape index (κ2) is 4.76. The van der Waals surface area contributed by atoms with Crippen LogP contribution >= 0.6 is 27.3 Å². The first kappa shape index (κ1) is 10.6. The van der Waals surface area contributed by atoms with E-state index in [1.54, 1.807) is 6.20 Å². The van der Waals surface area contributed by atoms with Crippen LogP contribution in [0.2, 0.25) is 0 Å². The van der Waals surface area contributed by atoms with Gasteiger partial charge in [0.1, 0.15) is 4.60 Å². The van der Waals surface area contributed by atoms with E-state index in [4.69, 9.17) is 4.74 Å². The number of hydrogen-bond donors (Lipinski definition) is 0. The molecule has 0 N–H and O–H groups in total. The number of aryl methyl sites for hydroxylation is 1. The maximum Gasteiger partial charge on any atom is 0.279 e. The van der Waals surface area contributed by atoms with Gasteiger partial charge in [-0.15, -0.1) is 0 Å². The molecule has 0 aliphatic heterocycles. The summed E-state index contributed by atoms with van der Waals surface area (Å²) in [6.45, 7) is 3.02. The average Bonchev–Trinajstić information content (AvgIpc) is 2.78. The van der Waals surface area contributed by atoms with Crippen LogP contribution in [0.1, 0.15) is 13.3 Å². The molecular weight excluding hydrogens is 278 g/mol.